The van der Waals surface area contributed by atoms with Crippen LogP contribution >= 0.6 is 0 Å². The Labute approximate surface area is 129 Å². The molecule has 1 amide bonds. The minimum Gasteiger partial charge on any atom is -0.444 e. The SMILES string of the molecule is CC.CC(C)(C)OC(=O)NC(CCN)Cc1ccccc1. The van der Waals surface area contributed by atoms with Crippen LogP contribution in [0.5, 0.6) is 0 Å². The highest BCUT2D eigenvalue weighted by atomic mass is 16.6. The van der Waals surface area contributed by atoms with Gasteiger partial charge in [0.2, 0.25) is 0 Å². The summed E-state index contributed by atoms with van der Waals surface area (Å²) in [5.41, 5.74) is 6.29. The van der Waals surface area contributed by atoms with Crippen LogP contribution < -0.4 is 11.1 Å². The molecule has 1 atom stereocenters. The van der Waals surface area contributed by atoms with Crippen molar-refractivity contribution in [3.05, 3.63) is 35.9 Å². The zero-order chi connectivity index (χ0) is 16.3. The average Bonchev–Trinajstić information content (AvgIpc) is 2.40. The molecule has 120 valence electrons. The summed E-state index contributed by atoms with van der Waals surface area (Å²) in [6, 6.07) is 10.0. The monoisotopic (exact) mass is 294 g/mol. The number of benzene rings is 1. The van der Waals surface area contributed by atoms with Gasteiger partial charge < -0.3 is 15.8 Å². The quantitative estimate of drug-likeness (QED) is 0.873. The molecule has 0 aliphatic carbocycles. The van der Waals surface area contributed by atoms with Crippen LogP contribution in [0, 0.1) is 0 Å². The molecule has 1 aromatic carbocycles. The molecule has 0 aromatic heterocycles. The van der Waals surface area contributed by atoms with Gasteiger partial charge in [0.05, 0.1) is 0 Å². The molecule has 21 heavy (non-hydrogen) atoms. The van der Waals surface area contributed by atoms with Gasteiger partial charge in [0.15, 0.2) is 0 Å². The maximum Gasteiger partial charge on any atom is 0.407 e. The first kappa shape index (κ1) is 19.4. The first-order chi connectivity index (χ1) is 9.90. The number of carbonyl (C=O) groups excluding carboxylic acids is 1. The zero-order valence-electron chi connectivity index (χ0n) is 14.0. The maximum atomic E-state index is 11.8. The summed E-state index contributed by atoms with van der Waals surface area (Å²) in [6.07, 6.45) is 1.10. The van der Waals surface area contributed by atoms with Crippen LogP contribution in [0.3, 0.4) is 0 Å². The second kappa shape index (κ2) is 10.2. The van der Waals surface area contributed by atoms with Gasteiger partial charge in [-0.05, 0) is 45.7 Å². The van der Waals surface area contributed by atoms with E-state index in [0.717, 1.165) is 12.8 Å². The highest BCUT2D eigenvalue weighted by Gasteiger charge is 2.19. The van der Waals surface area contributed by atoms with E-state index in [1.54, 1.807) is 0 Å². The molecule has 0 radical (unpaired) electrons. The molecule has 4 heteroatoms. The normalized spacial score (nSPS) is 11.9. The van der Waals surface area contributed by atoms with Crippen molar-refractivity contribution in [3.8, 4) is 0 Å². The van der Waals surface area contributed by atoms with Gasteiger partial charge in [-0.15, -0.1) is 0 Å². The fourth-order valence-corrected chi connectivity index (χ4v) is 1.80. The number of amides is 1. The van der Waals surface area contributed by atoms with E-state index < -0.39 is 5.60 Å². The maximum absolute atomic E-state index is 11.8. The summed E-state index contributed by atoms with van der Waals surface area (Å²) in [5, 5.41) is 2.88. The summed E-state index contributed by atoms with van der Waals surface area (Å²) < 4.78 is 5.26. The molecule has 0 saturated heterocycles. The minimum absolute atomic E-state index is 0.00208. The molecule has 1 aromatic rings. The summed E-state index contributed by atoms with van der Waals surface area (Å²) in [5.74, 6) is 0. The van der Waals surface area contributed by atoms with Gasteiger partial charge in [0, 0.05) is 6.04 Å². The van der Waals surface area contributed by atoms with E-state index >= 15 is 0 Å². The Hall–Kier alpha value is -1.55. The highest BCUT2D eigenvalue weighted by Crippen LogP contribution is 2.09. The topological polar surface area (TPSA) is 64.3 Å². The van der Waals surface area contributed by atoms with Gasteiger partial charge in [-0.2, -0.15) is 0 Å². The molecule has 0 aliphatic heterocycles. The Kier molecular flexibility index (Phi) is 9.46. The molecule has 0 bridgehead atoms. The third-order valence-corrected chi connectivity index (χ3v) is 2.56. The van der Waals surface area contributed by atoms with Crippen molar-refractivity contribution in [2.24, 2.45) is 5.73 Å². The predicted octanol–water partition coefficient (Wildman–Crippen LogP) is 3.50. The fourth-order valence-electron chi connectivity index (χ4n) is 1.80. The molecule has 0 saturated carbocycles. The van der Waals surface area contributed by atoms with Gasteiger partial charge in [-0.1, -0.05) is 44.2 Å². The molecule has 0 spiro atoms. The number of ether oxygens (including phenoxy) is 1. The van der Waals surface area contributed by atoms with Gasteiger partial charge >= 0.3 is 6.09 Å². The van der Waals surface area contributed by atoms with Crippen LogP contribution in [0.15, 0.2) is 30.3 Å². The molecular weight excluding hydrogens is 264 g/mol. The van der Waals surface area contributed by atoms with Crippen molar-refractivity contribution in [1.29, 1.82) is 0 Å². The fraction of sp³-hybridized carbons (Fsp3) is 0.588. The van der Waals surface area contributed by atoms with Crippen molar-refractivity contribution in [2.75, 3.05) is 6.54 Å². The smallest absolute Gasteiger partial charge is 0.407 e. The number of rotatable bonds is 5. The second-order valence-electron chi connectivity index (χ2n) is 5.61. The van der Waals surface area contributed by atoms with Crippen molar-refractivity contribution in [3.63, 3.8) is 0 Å². The van der Waals surface area contributed by atoms with E-state index in [4.69, 9.17) is 10.5 Å². The summed E-state index contributed by atoms with van der Waals surface area (Å²) in [7, 11) is 0. The standard InChI is InChI=1S/C15H24N2O2.C2H6/c1-15(2,3)19-14(18)17-13(9-10-16)11-12-7-5-4-6-8-12;1-2/h4-8,13H,9-11,16H2,1-3H3,(H,17,18);1-2H3. The van der Waals surface area contributed by atoms with Crippen molar-refractivity contribution in [1.82, 2.24) is 5.32 Å². The molecule has 0 aliphatic rings. The molecule has 4 nitrogen and oxygen atoms in total. The third-order valence-electron chi connectivity index (χ3n) is 2.56. The number of nitrogens with one attached hydrogen (secondary N) is 1. The largest absolute Gasteiger partial charge is 0.444 e. The van der Waals surface area contributed by atoms with Crippen LogP contribution in [0.25, 0.3) is 0 Å². The van der Waals surface area contributed by atoms with E-state index in [9.17, 15) is 4.79 Å². The van der Waals surface area contributed by atoms with E-state index in [-0.39, 0.29) is 12.1 Å². The van der Waals surface area contributed by atoms with Crippen LogP contribution in [-0.4, -0.2) is 24.3 Å². The Balaban J connectivity index is 0.00000191. The number of nitrogens with two attached hydrogens (primary N) is 1. The molecule has 0 heterocycles. The first-order valence-electron chi connectivity index (χ1n) is 7.64. The van der Waals surface area contributed by atoms with Gasteiger partial charge in [-0.25, -0.2) is 4.79 Å². The number of hydrogen-bond donors (Lipinski definition) is 2. The van der Waals surface area contributed by atoms with Crippen LogP contribution in [0.2, 0.25) is 0 Å². The number of alkyl carbamates (subject to hydrolysis) is 1. The van der Waals surface area contributed by atoms with Crippen LogP contribution in [-0.2, 0) is 11.2 Å². The molecule has 1 rings (SSSR count). The van der Waals surface area contributed by atoms with Crippen molar-refractivity contribution in [2.45, 2.75) is 59.1 Å². The highest BCUT2D eigenvalue weighted by molar-refractivity contribution is 5.68. The van der Waals surface area contributed by atoms with Gasteiger partial charge in [0.1, 0.15) is 5.60 Å². The minimum atomic E-state index is -0.482. The average molecular weight is 294 g/mol. The van der Waals surface area contributed by atoms with Crippen LogP contribution in [0.1, 0.15) is 46.6 Å². The van der Waals surface area contributed by atoms with E-state index in [1.165, 1.54) is 5.56 Å². The Bertz CT molecular complexity index is 386. The lowest BCUT2D eigenvalue weighted by molar-refractivity contribution is 0.0502. The molecule has 1 unspecified atom stereocenters. The summed E-state index contributed by atoms with van der Waals surface area (Å²) in [4.78, 5) is 11.8. The van der Waals surface area contributed by atoms with Gasteiger partial charge in [-0.3, -0.25) is 0 Å². The molecule has 3 N–H and O–H groups in total. The first-order valence-corrected chi connectivity index (χ1v) is 7.64. The van der Waals surface area contributed by atoms with Gasteiger partial charge in [0.25, 0.3) is 0 Å². The number of hydrogen-bond acceptors (Lipinski definition) is 3. The van der Waals surface area contributed by atoms with Crippen LogP contribution in [0.4, 0.5) is 4.79 Å². The van der Waals surface area contributed by atoms with E-state index in [0.29, 0.717) is 6.54 Å². The Morgan fingerprint density at radius 1 is 1.24 bits per heavy atom. The van der Waals surface area contributed by atoms with E-state index in [1.807, 2.05) is 65.0 Å². The van der Waals surface area contributed by atoms with E-state index in [2.05, 4.69) is 5.32 Å². The molecular formula is C17H30N2O2. The third kappa shape index (κ3) is 9.91. The Morgan fingerprint density at radius 3 is 2.29 bits per heavy atom. The molecule has 0 fully saturated rings. The second-order valence-corrected chi connectivity index (χ2v) is 5.61. The van der Waals surface area contributed by atoms with Crippen molar-refractivity contribution < 1.29 is 9.53 Å². The number of carbonyl (C=O) groups is 1. The summed E-state index contributed by atoms with van der Waals surface area (Å²) in [6.45, 7) is 10.1. The lowest BCUT2D eigenvalue weighted by atomic mass is 10.0. The lowest BCUT2D eigenvalue weighted by Crippen LogP contribution is -2.41. The summed E-state index contributed by atoms with van der Waals surface area (Å²) >= 11 is 0. The van der Waals surface area contributed by atoms with Crippen molar-refractivity contribution >= 4 is 6.09 Å². The predicted molar refractivity (Wildman–Crippen MR) is 88.3 cm³/mol. The zero-order valence-corrected chi connectivity index (χ0v) is 14.0. The Morgan fingerprint density at radius 2 is 1.81 bits per heavy atom. The lowest BCUT2D eigenvalue weighted by Gasteiger charge is -2.23.